The average Bonchev–Trinajstić information content (AvgIpc) is 2.86. The molecule has 0 aliphatic carbocycles. The van der Waals surface area contributed by atoms with Crippen molar-refractivity contribution in [3.63, 3.8) is 0 Å². The molecule has 1 aliphatic heterocycles. The highest BCUT2D eigenvalue weighted by Crippen LogP contribution is 2.38. The summed E-state index contributed by atoms with van der Waals surface area (Å²) in [5.41, 5.74) is 0.844. The van der Waals surface area contributed by atoms with Gasteiger partial charge in [-0.2, -0.15) is 0 Å². The van der Waals surface area contributed by atoms with Gasteiger partial charge in [0.1, 0.15) is 11.3 Å². The van der Waals surface area contributed by atoms with E-state index in [0.29, 0.717) is 0 Å². The Morgan fingerprint density at radius 2 is 2.17 bits per heavy atom. The van der Waals surface area contributed by atoms with Crippen molar-refractivity contribution < 1.29 is 9.47 Å². The van der Waals surface area contributed by atoms with Crippen molar-refractivity contribution in [3.05, 3.63) is 17.2 Å². The third-order valence-corrected chi connectivity index (χ3v) is 4.53. The van der Waals surface area contributed by atoms with Crippen LogP contribution in [0.1, 0.15) is 0 Å². The van der Waals surface area contributed by atoms with Crippen LogP contribution in [0.3, 0.4) is 0 Å². The van der Waals surface area contributed by atoms with Crippen molar-refractivity contribution >= 4 is 38.3 Å². The van der Waals surface area contributed by atoms with Crippen molar-refractivity contribution in [3.8, 4) is 5.75 Å². The van der Waals surface area contributed by atoms with Crippen LogP contribution in [0, 0.1) is 0 Å². The predicted molar refractivity (Wildman–Crippen MR) is 74.2 cm³/mol. The smallest absolute Gasteiger partial charge is 0.186 e. The average molecular weight is 285 g/mol. The number of halogens is 1. The molecule has 2 aromatic rings. The molecule has 0 amide bonds. The zero-order valence-corrected chi connectivity index (χ0v) is 11.6. The van der Waals surface area contributed by atoms with Gasteiger partial charge in [-0.3, -0.25) is 0 Å². The molecule has 1 saturated heterocycles. The Morgan fingerprint density at radius 1 is 1.39 bits per heavy atom. The van der Waals surface area contributed by atoms with Crippen LogP contribution in [0.15, 0.2) is 12.1 Å². The monoisotopic (exact) mass is 284 g/mol. The molecule has 1 aromatic heterocycles. The van der Waals surface area contributed by atoms with E-state index < -0.39 is 0 Å². The van der Waals surface area contributed by atoms with E-state index in [9.17, 15) is 0 Å². The molecule has 0 saturated carbocycles. The summed E-state index contributed by atoms with van der Waals surface area (Å²) in [5, 5.41) is 1.71. The molecule has 6 heteroatoms. The van der Waals surface area contributed by atoms with Crippen LogP contribution in [0.5, 0.6) is 5.75 Å². The molecule has 18 heavy (non-hydrogen) atoms. The molecule has 1 aliphatic rings. The molecule has 0 atom stereocenters. The first-order chi connectivity index (χ1) is 8.79. The number of fused-ring (bicyclic) bond motifs is 1. The van der Waals surface area contributed by atoms with Crippen LogP contribution < -0.4 is 9.64 Å². The molecule has 0 radical (unpaired) electrons. The van der Waals surface area contributed by atoms with E-state index in [2.05, 4.69) is 9.88 Å². The zero-order chi connectivity index (χ0) is 12.5. The molecule has 96 valence electrons. The second kappa shape index (κ2) is 4.91. The Labute approximate surface area is 114 Å². The van der Waals surface area contributed by atoms with Gasteiger partial charge in [-0.15, -0.1) is 0 Å². The second-order valence-corrected chi connectivity index (χ2v) is 5.41. The third kappa shape index (κ3) is 2.02. The van der Waals surface area contributed by atoms with Gasteiger partial charge in [0.05, 0.1) is 30.0 Å². The van der Waals surface area contributed by atoms with Gasteiger partial charge in [0, 0.05) is 13.1 Å². The molecule has 0 spiro atoms. The maximum absolute atomic E-state index is 6.21. The first kappa shape index (κ1) is 12.0. The molecule has 1 aromatic carbocycles. The molecule has 0 N–H and O–H groups in total. The summed E-state index contributed by atoms with van der Waals surface area (Å²) in [6.45, 7) is 3.25. The highest BCUT2D eigenvalue weighted by molar-refractivity contribution is 7.22. The first-order valence-corrected chi connectivity index (χ1v) is 6.95. The normalized spacial score (nSPS) is 16.2. The molecule has 4 nitrogen and oxygen atoms in total. The number of hydrogen-bond acceptors (Lipinski definition) is 5. The molecular formula is C12H13ClN2O2S. The molecule has 3 rings (SSSR count). The van der Waals surface area contributed by atoms with Crippen molar-refractivity contribution in [2.75, 3.05) is 38.3 Å². The topological polar surface area (TPSA) is 34.6 Å². The summed E-state index contributed by atoms with van der Waals surface area (Å²) in [6.07, 6.45) is 0. The van der Waals surface area contributed by atoms with Gasteiger partial charge in [-0.1, -0.05) is 22.9 Å². The molecule has 1 fully saturated rings. The van der Waals surface area contributed by atoms with E-state index >= 15 is 0 Å². The van der Waals surface area contributed by atoms with E-state index in [0.717, 1.165) is 52.4 Å². The van der Waals surface area contributed by atoms with E-state index in [1.54, 1.807) is 18.4 Å². The summed E-state index contributed by atoms with van der Waals surface area (Å²) in [7, 11) is 1.65. The lowest BCUT2D eigenvalue weighted by molar-refractivity contribution is 0.122. The second-order valence-electron chi connectivity index (χ2n) is 4.02. The number of hydrogen-bond donors (Lipinski definition) is 0. The van der Waals surface area contributed by atoms with Crippen molar-refractivity contribution in [2.45, 2.75) is 0 Å². The Balaban J connectivity index is 2.06. The van der Waals surface area contributed by atoms with E-state index in [1.807, 2.05) is 12.1 Å². The summed E-state index contributed by atoms with van der Waals surface area (Å²) in [4.78, 5) is 6.87. The minimum Gasteiger partial charge on any atom is -0.494 e. The Hall–Kier alpha value is -1.04. The largest absolute Gasteiger partial charge is 0.494 e. The van der Waals surface area contributed by atoms with Gasteiger partial charge < -0.3 is 14.4 Å². The zero-order valence-electron chi connectivity index (χ0n) is 9.98. The fraction of sp³-hybridized carbons (Fsp3) is 0.417. The van der Waals surface area contributed by atoms with Crippen LogP contribution in [-0.2, 0) is 4.74 Å². The van der Waals surface area contributed by atoms with Crippen LogP contribution >= 0.6 is 22.9 Å². The van der Waals surface area contributed by atoms with Gasteiger partial charge in [0.15, 0.2) is 5.13 Å². The lowest BCUT2D eigenvalue weighted by atomic mass is 10.3. The fourth-order valence-corrected chi connectivity index (χ4v) is 3.30. The maximum Gasteiger partial charge on any atom is 0.186 e. The standard InChI is InChI=1S/C12H13ClN2O2S/c1-16-9-3-2-8(13)11-10(9)14-12(18-11)15-4-6-17-7-5-15/h2-3H,4-7H2,1H3. The first-order valence-electron chi connectivity index (χ1n) is 5.75. The predicted octanol–water partition coefficient (Wildman–Crippen LogP) is 2.79. The Kier molecular flexibility index (Phi) is 3.28. The highest BCUT2D eigenvalue weighted by atomic mass is 35.5. The minimum atomic E-state index is 0.725. The summed E-state index contributed by atoms with van der Waals surface area (Å²) < 4.78 is 11.7. The lowest BCUT2D eigenvalue weighted by Gasteiger charge is -2.25. The van der Waals surface area contributed by atoms with Crippen LogP contribution in [-0.4, -0.2) is 38.4 Å². The SMILES string of the molecule is COc1ccc(Cl)c2sc(N3CCOCC3)nc12. The maximum atomic E-state index is 6.21. The highest BCUT2D eigenvalue weighted by Gasteiger charge is 2.18. The van der Waals surface area contributed by atoms with Gasteiger partial charge in [0.25, 0.3) is 0 Å². The number of ether oxygens (including phenoxy) is 2. The number of thiazole rings is 1. The number of rotatable bonds is 2. The van der Waals surface area contributed by atoms with Crippen LogP contribution in [0.4, 0.5) is 5.13 Å². The van der Waals surface area contributed by atoms with Crippen LogP contribution in [0.2, 0.25) is 5.02 Å². The van der Waals surface area contributed by atoms with Crippen molar-refractivity contribution in [1.29, 1.82) is 0 Å². The van der Waals surface area contributed by atoms with E-state index in [1.165, 1.54) is 0 Å². The Morgan fingerprint density at radius 3 is 2.89 bits per heavy atom. The van der Waals surface area contributed by atoms with E-state index in [4.69, 9.17) is 21.1 Å². The minimum absolute atomic E-state index is 0.725. The number of anilines is 1. The molecule has 0 bridgehead atoms. The van der Waals surface area contributed by atoms with Crippen molar-refractivity contribution in [1.82, 2.24) is 4.98 Å². The quantitative estimate of drug-likeness (QED) is 0.849. The number of morpholine rings is 1. The number of aromatic nitrogens is 1. The summed E-state index contributed by atoms with van der Waals surface area (Å²) in [5.74, 6) is 0.769. The Bertz CT molecular complexity index is 566. The molecule has 2 heterocycles. The number of nitrogens with zero attached hydrogens (tertiary/aromatic N) is 2. The van der Waals surface area contributed by atoms with Gasteiger partial charge in [-0.05, 0) is 12.1 Å². The lowest BCUT2D eigenvalue weighted by Crippen LogP contribution is -2.36. The van der Waals surface area contributed by atoms with Gasteiger partial charge in [0.2, 0.25) is 0 Å². The van der Waals surface area contributed by atoms with Crippen LogP contribution in [0.25, 0.3) is 10.2 Å². The summed E-state index contributed by atoms with van der Waals surface area (Å²) >= 11 is 7.82. The van der Waals surface area contributed by atoms with Gasteiger partial charge in [-0.25, -0.2) is 4.98 Å². The molecule has 0 unspecified atom stereocenters. The third-order valence-electron chi connectivity index (χ3n) is 2.95. The number of methoxy groups -OCH3 is 1. The van der Waals surface area contributed by atoms with Gasteiger partial charge >= 0.3 is 0 Å². The molecular weight excluding hydrogens is 272 g/mol. The fourth-order valence-electron chi connectivity index (χ4n) is 2.00. The number of benzene rings is 1. The summed E-state index contributed by atoms with van der Waals surface area (Å²) in [6, 6.07) is 3.71. The van der Waals surface area contributed by atoms with Crippen molar-refractivity contribution in [2.24, 2.45) is 0 Å². The van der Waals surface area contributed by atoms with E-state index in [-0.39, 0.29) is 0 Å².